The first-order valence-electron chi connectivity index (χ1n) is 5.88. The number of rotatable bonds is 4. The van der Waals surface area contributed by atoms with Gasteiger partial charge in [0.25, 0.3) is 11.5 Å². The molecule has 5 heteroatoms. The van der Waals surface area contributed by atoms with E-state index in [0.717, 1.165) is 0 Å². The van der Waals surface area contributed by atoms with E-state index in [4.69, 9.17) is 5.26 Å². The Labute approximate surface area is 106 Å². The van der Waals surface area contributed by atoms with Crippen molar-refractivity contribution >= 4 is 5.91 Å². The molecule has 1 aromatic rings. The SMILES string of the molecule is CCN(C[C@H](C)C#N)C(=O)c1ccc(C)[nH]c1=O. The highest BCUT2D eigenvalue weighted by atomic mass is 16.2. The second-order valence-electron chi connectivity index (χ2n) is 4.26. The van der Waals surface area contributed by atoms with Gasteiger partial charge in [-0.25, -0.2) is 0 Å². The van der Waals surface area contributed by atoms with Crippen LogP contribution >= 0.6 is 0 Å². The summed E-state index contributed by atoms with van der Waals surface area (Å²) < 4.78 is 0. The van der Waals surface area contributed by atoms with Crippen molar-refractivity contribution in [2.24, 2.45) is 5.92 Å². The number of pyridine rings is 1. The van der Waals surface area contributed by atoms with E-state index in [0.29, 0.717) is 18.8 Å². The Bertz CT molecular complexity index is 528. The van der Waals surface area contributed by atoms with Crippen LogP contribution in [0.3, 0.4) is 0 Å². The summed E-state index contributed by atoms with van der Waals surface area (Å²) in [7, 11) is 0. The summed E-state index contributed by atoms with van der Waals surface area (Å²) in [6.07, 6.45) is 0. The molecule has 0 saturated heterocycles. The summed E-state index contributed by atoms with van der Waals surface area (Å²) >= 11 is 0. The van der Waals surface area contributed by atoms with Gasteiger partial charge in [0.15, 0.2) is 0 Å². The molecule has 0 bridgehead atoms. The summed E-state index contributed by atoms with van der Waals surface area (Å²) in [6.45, 7) is 6.13. The van der Waals surface area contributed by atoms with Crippen LogP contribution in [-0.4, -0.2) is 28.9 Å². The van der Waals surface area contributed by atoms with Crippen molar-refractivity contribution in [3.63, 3.8) is 0 Å². The van der Waals surface area contributed by atoms with Crippen molar-refractivity contribution in [1.82, 2.24) is 9.88 Å². The summed E-state index contributed by atoms with van der Waals surface area (Å²) in [6, 6.07) is 5.29. The quantitative estimate of drug-likeness (QED) is 0.871. The van der Waals surface area contributed by atoms with Crippen LogP contribution in [0.25, 0.3) is 0 Å². The molecule has 0 radical (unpaired) electrons. The molecular formula is C13H17N3O2. The third-order valence-electron chi connectivity index (χ3n) is 2.67. The fraction of sp³-hybridized carbons (Fsp3) is 0.462. The molecule has 1 rings (SSSR count). The van der Waals surface area contributed by atoms with Crippen molar-refractivity contribution in [3.05, 3.63) is 33.7 Å². The van der Waals surface area contributed by atoms with E-state index in [1.165, 1.54) is 11.0 Å². The summed E-state index contributed by atoms with van der Waals surface area (Å²) in [5.74, 6) is -0.584. The molecule has 0 aliphatic rings. The first kappa shape index (κ1) is 14.0. The number of aromatic nitrogens is 1. The minimum atomic E-state index is -0.386. The Morgan fingerprint density at radius 1 is 1.56 bits per heavy atom. The number of carbonyl (C=O) groups is 1. The van der Waals surface area contributed by atoms with Crippen LogP contribution < -0.4 is 5.56 Å². The monoisotopic (exact) mass is 247 g/mol. The van der Waals surface area contributed by atoms with Crippen molar-refractivity contribution in [1.29, 1.82) is 5.26 Å². The molecule has 96 valence electrons. The predicted octanol–water partition coefficient (Wildman–Crippen LogP) is 1.31. The zero-order valence-corrected chi connectivity index (χ0v) is 10.9. The molecule has 1 aromatic heterocycles. The fourth-order valence-electron chi connectivity index (χ4n) is 1.64. The summed E-state index contributed by atoms with van der Waals surface area (Å²) in [5, 5.41) is 8.77. The summed E-state index contributed by atoms with van der Waals surface area (Å²) in [4.78, 5) is 28.0. The highest BCUT2D eigenvalue weighted by Gasteiger charge is 2.19. The molecule has 0 fully saturated rings. The Morgan fingerprint density at radius 2 is 2.22 bits per heavy atom. The van der Waals surface area contributed by atoms with Gasteiger partial charge in [-0.1, -0.05) is 0 Å². The van der Waals surface area contributed by atoms with Gasteiger partial charge in [0.05, 0.1) is 12.0 Å². The first-order valence-corrected chi connectivity index (χ1v) is 5.88. The molecular weight excluding hydrogens is 230 g/mol. The molecule has 0 aromatic carbocycles. The number of aromatic amines is 1. The van der Waals surface area contributed by atoms with E-state index < -0.39 is 0 Å². The maximum absolute atomic E-state index is 12.2. The number of nitriles is 1. The average Bonchev–Trinajstić information content (AvgIpc) is 2.34. The normalized spacial score (nSPS) is 11.7. The molecule has 0 unspecified atom stereocenters. The lowest BCUT2D eigenvalue weighted by atomic mass is 10.1. The maximum atomic E-state index is 12.2. The second kappa shape index (κ2) is 6.01. The van der Waals surface area contributed by atoms with Crippen LogP contribution in [0.2, 0.25) is 0 Å². The number of aryl methyl sites for hydroxylation is 1. The van der Waals surface area contributed by atoms with Crippen molar-refractivity contribution < 1.29 is 4.79 Å². The van der Waals surface area contributed by atoms with E-state index in [9.17, 15) is 9.59 Å². The van der Waals surface area contributed by atoms with Crippen molar-refractivity contribution in [2.45, 2.75) is 20.8 Å². The predicted molar refractivity (Wildman–Crippen MR) is 68.2 cm³/mol. The largest absolute Gasteiger partial charge is 0.337 e. The zero-order valence-electron chi connectivity index (χ0n) is 10.9. The fourth-order valence-corrected chi connectivity index (χ4v) is 1.64. The molecule has 1 heterocycles. The van der Waals surface area contributed by atoms with Gasteiger partial charge in [-0.15, -0.1) is 0 Å². The van der Waals surface area contributed by atoms with Gasteiger partial charge in [-0.2, -0.15) is 5.26 Å². The van der Waals surface area contributed by atoms with Gasteiger partial charge in [-0.05, 0) is 32.9 Å². The Balaban J connectivity index is 2.97. The molecule has 0 spiro atoms. The lowest BCUT2D eigenvalue weighted by Gasteiger charge is -2.21. The molecule has 0 aliphatic heterocycles. The number of carbonyl (C=O) groups excluding carboxylic acids is 1. The lowest BCUT2D eigenvalue weighted by molar-refractivity contribution is 0.0751. The molecule has 0 saturated carbocycles. The van der Waals surface area contributed by atoms with Crippen LogP contribution in [0.5, 0.6) is 0 Å². The first-order chi connectivity index (χ1) is 8.49. The van der Waals surface area contributed by atoms with Crippen LogP contribution in [0.15, 0.2) is 16.9 Å². The molecule has 0 aliphatic carbocycles. The van der Waals surface area contributed by atoms with Gasteiger partial charge in [0.1, 0.15) is 5.56 Å². The van der Waals surface area contributed by atoms with Gasteiger partial charge >= 0.3 is 0 Å². The summed E-state index contributed by atoms with van der Waals surface area (Å²) in [5.41, 5.74) is 0.445. The Morgan fingerprint density at radius 3 is 2.72 bits per heavy atom. The van der Waals surface area contributed by atoms with E-state index in [1.54, 1.807) is 19.9 Å². The molecule has 18 heavy (non-hydrogen) atoms. The van der Waals surface area contributed by atoms with Crippen LogP contribution in [-0.2, 0) is 0 Å². The number of amides is 1. The lowest BCUT2D eigenvalue weighted by Crippen LogP contribution is -2.37. The van der Waals surface area contributed by atoms with E-state index in [1.807, 2.05) is 6.92 Å². The van der Waals surface area contributed by atoms with Gasteiger partial charge < -0.3 is 9.88 Å². The van der Waals surface area contributed by atoms with Gasteiger partial charge in [0.2, 0.25) is 0 Å². The van der Waals surface area contributed by atoms with Crippen LogP contribution in [0.1, 0.15) is 29.9 Å². The number of hydrogen-bond acceptors (Lipinski definition) is 3. The molecule has 1 amide bonds. The highest BCUT2D eigenvalue weighted by Crippen LogP contribution is 2.04. The topological polar surface area (TPSA) is 77.0 Å². The van der Waals surface area contributed by atoms with E-state index in [-0.39, 0.29) is 22.9 Å². The van der Waals surface area contributed by atoms with Crippen molar-refractivity contribution in [3.8, 4) is 6.07 Å². The van der Waals surface area contributed by atoms with Crippen LogP contribution in [0.4, 0.5) is 0 Å². The molecule has 1 atom stereocenters. The molecule has 1 N–H and O–H groups in total. The minimum Gasteiger partial charge on any atom is -0.337 e. The standard InChI is InChI=1S/C13H17N3O2/c1-4-16(8-9(2)7-14)13(18)11-6-5-10(3)15-12(11)17/h5-6,9H,4,8H2,1-3H3,(H,15,17)/t9-/m1/s1. The van der Waals surface area contributed by atoms with Gasteiger partial charge in [0, 0.05) is 18.8 Å². The highest BCUT2D eigenvalue weighted by molar-refractivity contribution is 5.93. The van der Waals surface area contributed by atoms with Crippen LogP contribution in [0, 0.1) is 24.2 Å². The smallest absolute Gasteiger partial charge is 0.260 e. The van der Waals surface area contributed by atoms with Gasteiger partial charge in [-0.3, -0.25) is 9.59 Å². The number of nitrogens with zero attached hydrogens (tertiary/aromatic N) is 2. The Kier molecular flexibility index (Phi) is 4.67. The number of H-pyrrole nitrogens is 1. The van der Waals surface area contributed by atoms with E-state index in [2.05, 4.69) is 11.1 Å². The van der Waals surface area contributed by atoms with Crippen molar-refractivity contribution in [2.75, 3.05) is 13.1 Å². The average molecular weight is 247 g/mol. The third kappa shape index (κ3) is 3.20. The zero-order chi connectivity index (χ0) is 13.7. The third-order valence-corrected chi connectivity index (χ3v) is 2.67. The minimum absolute atomic E-state index is 0.118. The molecule has 5 nitrogen and oxygen atoms in total. The maximum Gasteiger partial charge on any atom is 0.260 e. The van der Waals surface area contributed by atoms with E-state index >= 15 is 0 Å². The Hall–Kier alpha value is -2.09. The number of hydrogen-bond donors (Lipinski definition) is 1. The second-order valence-corrected chi connectivity index (χ2v) is 4.26. The number of nitrogens with one attached hydrogen (secondary N) is 1.